The number of hydrogen-bond donors (Lipinski definition) is 0. The van der Waals surface area contributed by atoms with Crippen molar-refractivity contribution in [3.63, 3.8) is 0 Å². The van der Waals surface area contributed by atoms with Gasteiger partial charge in [0, 0.05) is 45.6 Å². The summed E-state index contributed by atoms with van der Waals surface area (Å²) in [6.07, 6.45) is 0.950. The van der Waals surface area contributed by atoms with Crippen LogP contribution in [0.25, 0.3) is 0 Å². The SMILES string of the molecule is COC(=O)CCCC(=O)N1CCN(CC(OCc2ccc(C#N)cc2)c2cccc(OC)c2)CC1. The highest BCUT2D eigenvalue weighted by Crippen LogP contribution is 2.25. The Hall–Kier alpha value is -3.41. The van der Waals surface area contributed by atoms with E-state index in [1.165, 1.54) is 7.11 Å². The highest BCUT2D eigenvalue weighted by Gasteiger charge is 2.24. The number of piperazine rings is 1. The van der Waals surface area contributed by atoms with Crippen LogP contribution < -0.4 is 4.74 Å². The lowest BCUT2D eigenvalue weighted by atomic mass is 10.1. The Morgan fingerprint density at radius 2 is 1.77 bits per heavy atom. The van der Waals surface area contributed by atoms with E-state index in [1.807, 2.05) is 41.3 Å². The normalized spacial score (nSPS) is 14.7. The Bertz CT molecular complexity index is 1010. The van der Waals surface area contributed by atoms with E-state index in [1.54, 1.807) is 19.2 Å². The molecule has 186 valence electrons. The van der Waals surface area contributed by atoms with Crippen LogP contribution in [0.5, 0.6) is 5.75 Å². The molecule has 1 fully saturated rings. The average molecular weight is 480 g/mol. The van der Waals surface area contributed by atoms with Gasteiger partial charge in [0.2, 0.25) is 5.91 Å². The third-order valence-electron chi connectivity index (χ3n) is 6.15. The molecule has 1 amide bonds. The van der Waals surface area contributed by atoms with Gasteiger partial charge in [0.25, 0.3) is 0 Å². The number of hydrogen-bond acceptors (Lipinski definition) is 7. The van der Waals surface area contributed by atoms with Crippen LogP contribution in [0, 0.1) is 11.3 Å². The number of rotatable bonds is 11. The highest BCUT2D eigenvalue weighted by atomic mass is 16.5. The average Bonchev–Trinajstić information content (AvgIpc) is 2.91. The summed E-state index contributed by atoms with van der Waals surface area (Å²) in [5.41, 5.74) is 2.65. The van der Waals surface area contributed by atoms with E-state index in [2.05, 4.69) is 15.7 Å². The lowest BCUT2D eigenvalue weighted by Crippen LogP contribution is -2.49. The van der Waals surface area contributed by atoms with Crippen molar-refractivity contribution in [2.24, 2.45) is 0 Å². The number of ether oxygens (including phenoxy) is 3. The smallest absolute Gasteiger partial charge is 0.305 e. The monoisotopic (exact) mass is 479 g/mol. The minimum absolute atomic E-state index is 0.0787. The van der Waals surface area contributed by atoms with Crippen molar-refractivity contribution in [1.82, 2.24) is 9.80 Å². The number of carbonyl (C=O) groups is 2. The van der Waals surface area contributed by atoms with E-state index in [9.17, 15) is 9.59 Å². The van der Waals surface area contributed by atoms with Gasteiger partial charge in [-0.15, -0.1) is 0 Å². The van der Waals surface area contributed by atoms with Gasteiger partial charge >= 0.3 is 5.97 Å². The lowest BCUT2D eigenvalue weighted by Gasteiger charge is -2.36. The fourth-order valence-electron chi connectivity index (χ4n) is 4.03. The number of esters is 1. The first kappa shape index (κ1) is 26.2. The second-order valence-corrected chi connectivity index (χ2v) is 8.50. The summed E-state index contributed by atoms with van der Waals surface area (Å²) < 4.78 is 16.4. The Kier molecular flexibility index (Phi) is 10.1. The largest absolute Gasteiger partial charge is 0.497 e. The number of methoxy groups -OCH3 is 2. The summed E-state index contributed by atoms with van der Waals surface area (Å²) in [6, 6.07) is 17.4. The molecule has 0 spiro atoms. The third-order valence-corrected chi connectivity index (χ3v) is 6.15. The first-order valence-electron chi connectivity index (χ1n) is 11.8. The number of amides is 1. The molecule has 2 aromatic rings. The van der Waals surface area contributed by atoms with Gasteiger partial charge < -0.3 is 19.1 Å². The van der Waals surface area contributed by atoms with Crippen molar-refractivity contribution in [3.05, 3.63) is 65.2 Å². The Balaban J connectivity index is 1.57. The molecular formula is C27H33N3O5. The lowest BCUT2D eigenvalue weighted by molar-refractivity contribution is -0.141. The fourth-order valence-corrected chi connectivity index (χ4v) is 4.03. The van der Waals surface area contributed by atoms with Crippen molar-refractivity contribution in [1.29, 1.82) is 5.26 Å². The van der Waals surface area contributed by atoms with Gasteiger partial charge in [0.05, 0.1) is 38.6 Å². The Morgan fingerprint density at radius 1 is 1.03 bits per heavy atom. The summed E-state index contributed by atoms with van der Waals surface area (Å²) in [4.78, 5) is 27.9. The standard InChI is InChI=1S/C27H33N3O5/c1-33-24-6-3-5-23(17-24)25(35-20-22-11-9-21(18-28)10-12-22)19-29-13-15-30(16-14-29)26(31)7-4-8-27(32)34-2/h3,5-6,9-12,17,25H,4,7-8,13-16,19-20H2,1-2H3. The molecule has 8 nitrogen and oxygen atoms in total. The van der Waals surface area contributed by atoms with Gasteiger partial charge in [0.1, 0.15) is 5.75 Å². The first-order valence-corrected chi connectivity index (χ1v) is 11.8. The molecule has 35 heavy (non-hydrogen) atoms. The zero-order valence-corrected chi connectivity index (χ0v) is 20.4. The van der Waals surface area contributed by atoms with E-state index in [-0.39, 0.29) is 24.4 Å². The highest BCUT2D eigenvalue weighted by molar-refractivity contribution is 5.77. The maximum absolute atomic E-state index is 12.5. The molecule has 0 radical (unpaired) electrons. The summed E-state index contributed by atoms with van der Waals surface area (Å²) >= 11 is 0. The second kappa shape index (κ2) is 13.5. The molecule has 0 N–H and O–H groups in total. The van der Waals surface area contributed by atoms with E-state index < -0.39 is 0 Å². The molecular weight excluding hydrogens is 446 g/mol. The van der Waals surface area contributed by atoms with E-state index in [0.717, 1.165) is 30.0 Å². The van der Waals surface area contributed by atoms with E-state index in [0.29, 0.717) is 44.6 Å². The maximum Gasteiger partial charge on any atom is 0.305 e. The van der Waals surface area contributed by atoms with Crippen molar-refractivity contribution >= 4 is 11.9 Å². The van der Waals surface area contributed by atoms with Crippen molar-refractivity contribution in [2.45, 2.75) is 32.0 Å². The predicted octanol–water partition coefficient (Wildman–Crippen LogP) is 3.31. The molecule has 1 unspecified atom stereocenters. The quantitative estimate of drug-likeness (QED) is 0.457. The fraction of sp³-hybridized carbons (Fsp3) is 0.444. The van der Waals surface area contributed by atoms with Gasteiger partial charge in [-0.05, 0) is 41.8 Å². The number of nitrogens with zero attached hydrogens (tertiary/aromatic N) is 3. The van der Waals surface area contributed by atoms with Crippen LogP contribution in [0.3, 0.4) is 0 Å². The van der Waals surface area contributed by atoms with Crippen LogP contribution in [-0.2, 0) is 25.7 Å². The molecule has 1 saturated heterocycles. The van der Waals surface area contributed by atoms with Gasteiger partial charge in [0.15, 0.2) is 0 Å². The number of nitriles is 1. The third kappa shape index (κ3) is 8.09. The molecule has 2 aromatic carbocycles. The number of carbonyl (C=O) groups excluding carboxylic acids is 2. The molecule has 0 saturated carbocycles. The van der Waals surface area contributed by atoms with Crippen molar-refractivity contribution in [2.75, 3.05) is 46.9 Å². The molecule has 0 bridgehead atoms. The van der Waals surface area contributed by atoms with Gasteiger partial charge in [-0.1, -0.05) is 24.3 Å². The molecule has 3 rings (SSSR count). The van der Waals surface area contributed by atoms with Crippen molar-refractivity contribution < 1.29 is 23.8 Å². The minimum Gasteiger partial charge on any atom is -0.497 e. The first-order chi connectivity index (χ1) is 17.0. The Labute approximate surface area is 207 Å². The molecule has 0 aliphatic carbocycles. The second-order valence-electron chi connectivity index (χ2n) is 8.50. The zero-order valence-electron chi connectivity index (χ0n) is 20.4. The van der Waals surface area contributed by atoms with Gasteiger partial charge in [-0.2, -0.15) is 5.26 Å². The summed E-state index contributed by atoms with van der Waals surface area (Å²) in [6.45, 7) is 3.92. The van der Waals surface area contributed by atoms with Gasteiger partial charge in [-0.25, -0.2) is 0 Å². The predicted molar refractivity (Wildman–Crippen MR) is 131 cm³/mol. The van der Waals surface area contributed by atoms with Crippen molar-refractivity contribution in [3.8, 4) is 11.8 Å². The molecule has 1 atom stereocenters. The van der Waals surface area contributed by atoms with Crippen LogP contribution in [0.15, 0.2) is 48.5 Å². The van der Waals surface area contributed by atoms with Crippen LogP contribution in [0.1, 0.15) is 42.1 Å². The zero-order chi connectivity index (χ0) is 25.0. The van der Waals surface area contributed by atoms with E-state index in [4.69, 9.17) is 14.7 Å². The number of benzene rings is 2. The molecule has 0 aromatic heterocycles. The van der Waals surface area contributed by atoms with Crippen LogP contribution in [-0.4, -0.2) is 68.6 Å². The van der Waals surface area contributed by atoms with Crippen LogP contribution in [0.4, 0.5) is 0 Å². The molecule has 8 heteroatoms. The van der Waals surface area contributed by atoms with Crippen LogP contribution >= 0.6 is 0 Å². The summed E-state index contributed by atoms with van der Waals surface area (Å²) in [5.74, 6) is 0.569. The molecule has 1 aliphatic rings. The molecule has 1 heterocycles. The maximum atomic E-state index is 12.5. The summed E-state index contributed by atoms with van der Waals surface area (Å²) in [7, 11) is 3.00. The van der Waals surface area contributed by atoms with E-state index >= 15 is 0 Å². The van der Waals surface area contributed by atoms with Crippen LogP contribution in [0.2, 0.25) is 0 Å². The Morgan fingerprint density at radius 3 is 2.43 bits per heavy atom. The minimum atomic E-state index is -0.285. The van der Waals surface area contributed by atoms with Gasteiger partial charge in [-0.3, -0.25) is 14.5 Å². The summed E-state index contributed by atoms with van der Waals surface area (Å²) in [5, 5.41) is 9.01. The topological polar surface area (TPSA) is 92.1 Å². The molecule has 1 aliphatic heterocycles.